The Morgan fingerprint density at radius 2 is 2.29 bits per heavy atom. The fourth-order valence-electron chi connectivity index (χ4n) is 2.01. The molecule has 5 nitrogen and oxygen atoms in total. The van der Waals surface area contributed by atoms with Crippen molar-refractivity contribution in [1.29, 1.82) is 0 Å². The van der Waals surface area contributed by atoms with E-state index in [-0.39, 0.29) is 5.91 Å². The molecule has 6 heteroatoms. The molecular formula is C11H12BrN3O2. The monoisotopic (exact) mass is 297 g/mol. The molecule has 0 saturated carbocycles. The van der Waals surface area contributed by atoms with Gasteiger partial charge in [-0.3, -0.25) is 9.59 Å². The van der Waals surface area contributed by atoms with E-state index in [2.05, 4.69) is 20.9 Å². The van der Waals surface area contributed by atoms with Gasteiger partial charge in [0.1, 0.15) is 10.6 Å². The molecule has 2 amide bonds. The maximum Gasteiger partial charge on any atom is 0.254 e. The molecule has 0 radical (unpaired) electrons. The average molecular weight is 298 g/mol. The van der Waals surface area contributed by atoms with Crippen molar-refractivity contribution in [1.82, 2.24) is 9.88 Å². The summed E-state index contributed by atoms with van der Waals surface area (Å²) >= 11 is 3.21. The van der Waals surface area contributed by atoms with Crippen molar-refractivity contribution < 1.29 is 9.59 Å². The molecule has 1 aromatic heterocycles. The van der Waals surface area contributed by atoms with Gasteiger partial charge in [0.15, 0.2) is 0 Å². The Kier molecular flexibility index (Phi) is 3.42. The first kappa shape index (κ1) is 12.0. The minimum atomic E-state index is -0.477. The van der Waals surface area contributed by atoms with Crippen LogP contribution in [0.5, 0.6) is 0 Å². The maximum atomic E-state index is 12.2. The molecule has 1 aromatic rings. The normalized spacial score (nSPS) is 19.4. The van der Waals surface area contributed by atoms with Gasteiger partial charge in [-0.15, -0.1) is 0 Å². The van der Waals surface area contributed by atoms with Crippen LogP contribution >= 0.6 is 15.9 Å². The zero-order chi connectivity index (χ0) is 12.4. The Hall–Kier alpha value is -1.43. The molecule has 90 valence electrons. The molecule has 1 atom stereocenters. The summed E-state index contributed by atoms with van der Waals surface area (Å²) in [6.07, 6.45) is 3.01. The predicted molar refractivity (Wildman–Crippen MR) is 65.2 cm³/mol. The molecule has 0 bridgehead atoms. The number of nitrogens with two attached hydrogens (primary N) is 1. The topological polar surface area (TPSA) is 76.3 Å². The fourth-order valence-corrected chi connectivity index (χ4v) is 2.37. The summed E-state index contributed by atoms with van der Waals surface area (Å²) in [6.45, 7) is 0.576. The van der Waals surface area contributed by atoms with Crippen molar-refractivity contribution in [2.24, 2.45) is 5.73 Å². The fraction of sp³-hybridized carbons (Fsp3) is 0.364. The molecule has 1 saturated heterocycles. The first-order valence-corrected chi connectivity index (χ1v) is 6.11. The number of amides is 2. The van der Waals surface area contributed by atoms with Crippen LogP contribution in [0.1, 0.15) is 23.2 Å². The van der Waals surface area contributed by atoms with Crippen LogP contribution in [0.3, 0.4) is 0 Å². The van der Waals surface area contributed by atoms with Gasteiger partial charge in [-0.25, -0.2) is 4.98 Å². The third kappa shape index (κ3) is 2.46. The maximum absolute atomic E-state index is 12.2. The molecule has 17 heavy (non-hydrogen) atoms. The number of carbonyl (C=O) groups excluding carboxylic acids is 2. The molecule has 2 rings (SSSR count). The van der Waals surface area contributed by atoms with E-state index in [1.807, 2.05) is 0 Å². The van der Waals surface area contributed by atoms with E-state index in [1.54, 1.807) is 18.3 Å². The van der Waals surface area contributed by atoms with Crippen LogP contribution in [0, 0.1) is 0 Å². The minimum absolute atomic E-state index is 0.172. The van der Waals surface area contributed by atoms with Crippen molar-refractivity contribution in [3.63, 3.8) is 0 Å². The number of hydrogen-bond donors (Lipinski definition) is 1. The average Bonchev–Trinajstić information content (AvgIpc) is 2.77. The number of hydrogen-bond acceptors (Lipinski definition) is 3. The van der Waals surface area contributed by atoms with Crippen LogP contribution < -0.4 is 5.73 Å². The molecular weight excluding hydrogens is 286 g/mol. The highest BCUT2D eigenvalue weighted by atomic mass is 79.9. The molecule has 2 N–H and O–H groups in total. The quantitative estimate of drug-likeness (QED) is 0.825. The lowest BCUT2D eigenvalue weighted by Crippen LogP contribution is -2.43. The first-order valence-electron chi connectivity index (χ1n) is 5.31. The number of halogens is 1. The Labute approximate surface area is 107 Å². The molecule has 0 aromatic carbocycles. The molecule has 1 fully saturated rings. The molecule has 0 spiro atoms. The molecule has 1 aliphatic rings. The van der Waals surface area contributed by atoms with E-state index in [4.69, 9.17) is 5.73 Å². The third-order valence-corrected chi connectivity index (χ3v) is 3.25. The van der Waals surface area contributed by atoms with Gasteiger partial charge in [0, 0.05) is 18.3 Å². The highest BCUT2D eigenvalue weighted by Crippen LogP contribution is 2.20. The number of carbonyl (C=O) groups is 2. The SMILES string of the molecule is NC(=O)C1CCCN1C(=O)c1ccnc(Br)c1. The highest BCUT2D eigenvalue weighted by Gasteiger charge is 2.33. The van der Waals surface area contributed by atoms with Gasteiger partial charge < -0.3 is 10.6 Å². The minimum Gasteiger partial charge on any atom is -0.368 e. The van der Waals surface area contributed by atoms with E-state index in [9.17, 15) is 9.59 Å². The van der Waals surface area contributed by atoms with Crippen molar-refractivity contribution in [2.75, 3.05) is 6.54 Å². The Morgan fingerprint density at radius 1 is 1.53 bits per heavy atom. The van der Waals surface area contributed by atoms with E-state index in [1.165, 1.54) is 4.90 Å². The van der Waals surface area contributed by atoms with Gasteiger partial charge in [0.2, 0.25) is 5.91 Å². The van der Waals surface area contributed by atoms with E-state index in [0.717, 1.165) is 6.42 Å². The molecule has 1 aliphatic heterocycles. The van der Waals surface area contributed by atoms with Crippen molar-refractivity contribution in [3.8, 4) is 0 Å². The second kappa shape index (κ2) is 4.83. The summed E-state index contributed by atoms with van der Waals surface area (Å²) < 4.78 is 0.596. The van der Waals surface area contributed by atoms with Crippen LogP contribution in [0.15, 0.2) is 22.9 Å². The standard InChI is InChI=1S/C11H12BrN3O2/c12-9-6-7(3-4-14-9)11(17)15-5-1-2-8(15)10(13)16/h3-4,6,8H,1-2,5H2,(H2,13,16). The number of nitrogens with zero attached hydrogens (tertiary/aromatic N) is 2. The van der Waals surface area contributed by atoms with Crippen LogP contribution in [-0.4, -0.2) is 34.3 Å². The van der Waals surface area contributed by atoms with Gasteiger partial charge in [-0.05, 0) is 40.9 Å². The smallest absolute Gasteiger partial charge is 0.254 e. The Bertz CT molecular complexity index is 464. The Morgan fingerprint density at radius 3 is 2.94 bits per heavy atom. The van der Waals surface area contributed by atoms with Gasteiger partial charge in [-0.2, -0.15) is 0 Å². The summed E-state index contributed by atoms with van der Waals surface area (Å²) in [4.78, 5) is 28.9. The van der Waals surface area contributed by atoms with Crippen LogP contribution in [0.4, 0.5) is 0 Å². The summed E-state index contributed by atoms with van der Waals surface area (Å²) in [5, 5.41) is 0. The van der Waals surface area contributed by atoms with E-state index < -0.39 is 11.9 Å². The van der Waals surface area contributed by atoms with Crippen molar-refractivity contribution in [3.05, 3.63) is 28.5 Å². The van der Waals surface area contributed by atoms with Gasteiger partial charge in [-0.1, -0.05) is 0 Å². The van der Waals surface area contributed by atoms with Gasteiger partial charge >= 0.3 is 0 Å². The summed E-state index contributed by atoms with van der Waals surface area (Å²) in [6, 6.07) is 2.79. The lowest BCUT2D eigenvalue weighted by Gasteiger charge is -2.22. The lowest BCUT2D eigenvalue weighted by molar-refractivity contribution is -0.121. The third-order valence-electron chi connectivity index (χ3n) is 2.82. The van der Waals surface area contributed by atoms with Crippen molar-refractivity contribution >= 4 is 27.7 Å². The molecule has 1 unspecified atom stereocenters. The number of likely N-dealkylation sites (tertiary alicyclic amines) is 1. The van der Waals surface area contributed by atoms with Gasteiger partial charge in [0.05, 0.1) is 0 Å². The van der Waals surface area contributed by atoms with E-state index in [0.29, 0.717) is 23.1 Å². The molecule has 2 heterocycles. The van der Waals surface area contributed by atoms with Gasteiger partial charge in [0.25, 0.3) is 5.91 Å². The largest absolute Gasteiger partial charge is 0.368 e. The predicted octanol–water partition coefficient (Wildman–Crippen LogP) is 0.934. The number of rotatable bonds is 2. The number of pyridine rings is 1. The highest BCUT2D eigenvalue weighted by molar-refractivity contribution is 9.10. The lowest BCUT2D eigenvalue weighted by atomic mass is 10.2. The Balaban J connectivity index is 2.23. The van der Waals surface area contributed by atoms with Crippen molar-refractivity contribution in [2.45, 2.75) is 18.9 Å². The summed E-state index contributed by atoms with van der Waals surface area (Å²) in [5.41, 5.74) is 5.79. The van der Waals surface area contributed by atoms with Crippen LogP contribution in [0.25, 0.3) is 0 Å². The zero-order valence-electron chi connectivity index (χ0n) is 9.10. The summed E-state index contributed by atoms with van der Waals surface area (Å²) in [7, 11) is 0. The van der Waals surface area contributed by atoms with Crippen LogP contribution in [-0.2, 0) is 4.79 Å². The number of aromatic nitrogens is 1. The molecule has 0 aliphatic carbocycles. The van der Waals surface area contributed by atoms with E-state index >= 15 is 0 Å². The second-order valence-corrected chi connectivity index (χ2v) is 4.74. The zero-order valence-corrected chi connectivity index (χ0v) is 10.7. The summed E-state index contributed by atoms with van der Waals surface area (Å²) in [5.74, 6) is -0.613. The first-order chi connectivity index (χ1) is 8.09. The number of primary amides is 1. The second-order valence-electron chi connectivity index (χ2n) is 3.93. The van der Waals surface area contributed by atoms with Crippen LogP contribution in [0.2, 0.25) is 0 Å².